The van der Waals surface area contributed by atoms with E-state index < -0.39 is 0 Å². The summed E-state index contributed by atoms with van der Waals surface area (Å²) in [6, 6.07) is 15.6. The van der Waals surface area contributed by atoms with Crippen LogP contribution in [0.15, 0.2) is 69.0 Å². The number of hydrogen-bond donors (Lipinski definition) is 0. The summed E-state index contributed by atoms with van der Waals surface area (Å²) in [5.41, 5.74) is 1.57. The Morgan fingerprint density at radius 1 is 1.22 bits per heavy atom. The molecule has 1 atom stereocenters. The first kappa shape index (κ1) is 26.3. The Labute approximate surface area is 230 Å². The predicted molar refractivity (Wildman–Crippen MR) is 152 cm³/mol. The van der Waals surface area contributed by atoms with E-state index in [1.54, 1.807) is 43.7 Å². The highest BCUT2D eigenvalue weighted by Crippen LogP contribution is 2.34. The molecule has 0 fully saturated rings. The lowest BCUT2D eigenvalue weighted by molar-refractivity contribution is 0.277. The fourth-order valence-electron chi connectivity index (χ4n) is 3.62. The number of rotatable bonds is 8. The van der Waals surface area contributed by atoms with Gasteiger partial charge in [0.1, 0.15) is 18.2 Å². The Bertz CT molecular complexity index is 1510. The summed E-state index contributed by atoms with van der Waals surface area (Å²) in [6.45, 7) is 4.13. The van der Waals surface area contributed by atoms with Gasteiger partial charge in [-0.1, -0.05) is 48.0 Å². The molecule has 0 unspecified atom stereocenters. The van der Waals surface area contributed by atoms with Crippen molar-refractivity contribution in [3.63, 3.8) is 0 Å². The molecule has 4 rings (SSSR count). The molecule has 6 nitrogen and oxygen atoms in total. The second-order valence-corrected chi connectivity index (χ2v) is 10.3. The largest absolute Gasteiger partial charge is 0.493 e. The summed E-state index contributed by atoms with van der Waals surface area (Å²) in [6.07, 6.45) is 2.41. The van der Waals surface area contributed by atoms with Crippen LogP contribution in [0.4, 0.5) is 4.39 Å². The molecule has 9 heteroatoms. The normalized spacial score (nSPS) is 12.3. The number of fused-ring (bicyclic) bond motifs is 1. The van der Waals surface area contributed by atoms with E-state index in [0.29, 0.717) is 39.4 Å². The molecule has 3 aromatic carbocycles. The minimum atomic E-state index is -0.325. The molecule has 0 saturated carbocycles. The number of methoxy groups -OCH3 is 1. The van der Waals surface area contributed by atoms with E-state index in [4.69, 9.17) is 14.5 Å². The maximum absolute atomic E-state index is 14.0. The van der Waals surface area contributed by atoms with Crippen molar-refractivity contribution in [3.05, 3.63) is 95.8 Å². The van der Waals surface area contributed by atoms with Gasteiger partial charge in [0.25, 0.3) is 5.56 Å². The molecular weight excluding hydrogens is 640 g/mol. The van der Waals surface area contributed by atoms with Crippen molar-refractivity contribution in [1.82, 2.24) is 9.66 Å². The van der Waals surface area contributed by atoms with E-state index in [2.05, 4.69) is 43.6 Å². The van der Waals surface area contributed by atoms with Crippen LogP contribution in [0.2, 0.25) is 0 Å². The van der Waals surface area contributed by atoms with Crippen LogP contribution >= 0.6 is 38.5 Å². The summed E-state index contributed by atoms with van der Waals surface area (Å²) in [5, 5.41) is 5.01. The second kappa shape index (κ2) is 11.5. The molecular formula is C27H24BrFIN3O3. The SMILES string of the molecule is CC[C@@H](C)c1nc2ccc(Br)cc2c(=O)n1N=Cc1cc(I)c(OCc2ccccc2F)c(OC)c1. The second-order valence-electron chi connectivity index (χ2n) is 8.22. The van der Waals surface area contributed by atoms with Crippen LogP contribution in [0.3, 0.4) is 0 Å². The molecule has 0 spiro atoms. The highest BCUT2D eigenvalue weighted by Gasteiger charge is 2.16. The number of hydrogen-bond acceptors (Lipinski definition) is 5. The van der Waals surface area contributed by atoms with E-state index in [1.165, 1.54) is 10.7 Å². The van der Waals surface area contributed by atoms with Crippen LogP contribution < -0.4 is 15.0 Å². The minimum Gasteiger partial charge on any atom is -0.493 e. The maximum atomic E-state index is 14.0. The van der Waals surface area contributed by atoms with E-state index in [1.807, 2.05) is 32.0 Å². The Kier molecular flexibility index (Phi) is 8.40. The van der Waals surface area contributed by atoms with Crippen molar-refractivity contribution in [2.45, 2.75) is 32.8 Å². The first-order valence-corrected chi connectivity index (χ1v) is 13.2. The molecule has 36 heavy (non-hydrogen) atoms. The van der Waals surface area contributed by atoms with Crippen LogP contribution in [0.1, 0.15) is 43.1 Å². The van der Waals surface area contributed by atoms with E-state index >= 15 is 0 Å². The zero-order valence-electron chi connectivity index (χ0n) is 20.0. The first-order valence-electron chi connectivity index (χ1n) is 11.3. The van der Waals surface area contributed by atoms with Gasteiger partial charge in [0.15, 0.2) is 11.5 Å². The predicted octanol–water partition coefficient (Wildman–Crippen LogP) is 6.89. The summed E-state index contributed by atoms with van der Waals surface area (Å²) in [5.74, 6) is 1.29. The molecule has 4 aromatic rings. The lowest BCUT2D eigenvalue weighted by Gasteiger charge is -2.15. The average molecular weight is 664 g/mol. The Morgan fingerprint density at radius 2 is 2.00 bits per heavy atom. The van der Waals surface area contributed by atoms with Crippen molar-refractivity contribution >= 4 is 55.6 Å². The van der Waals surface area contributed by atoms with Gasteiger partial charge in [-0.05, 0) is 71.0 Å². The first-order chi connectivity index (χ1) is 17.3. The van der Waals surface area contributed by atoms with E-state index in [0.717, 1.165) is 14.5 Å². The molecule has 0 aliphatic heterocycles. The molecule has 0 aliphatic carbocycles. The van der Waals surface area contributed by atoms with Crippen molar-refractivity contribution in [1.29, 1.82) is 0 Å². The van der Waals surface area contributed by atoms with E-state index in [9.17, 15) is 9.18 Å². The molecule has 0 saturated heterocycles. The molecule has 0 bridgehead atoms. The highest BCUT2D eigenvalue weighted by atomic mass is 127. The fourth-order valence-corrected chi connectivity index (χ4v) is 4.77. The monoisotopic (exact) mass is 663 g/mol. The lowest BCUT2D eigenvalue weighted by Crippen LogP contribution is -2.23. The Balaban J connectivity index is 1.71. The molecule has 0 N–H and O–H groups in total. The standard InChI is InChI=1S/C27H24BrFIN3O3/c1-4-16(2)26-32-23-10-9-19(28)13-20(23)27(34)33(26)31-14-17-11-22(30)25(24(12-17)35-3)36-15-18-7-5-6-8-21(18)29/h5-14,16H,4,15H2,1-3H3/t16-/m1/s1. The number of benzene rings is 3. The summed E-state index contributed by atoms with van der Waals surface area (Å²) < 4.78 is 28.4. The fraction of sp³-hybridized carbons (Fsp3) is 0.222. The molecule has 186 valence electrons. The van der Waals surface area contributed by atoms with Gasteiger partial charge < -0.3 is 9.47 Å². The van der Waals surface area contributed by atoms with Gasteiger partial charge in [-0.15, -0.1) is 0 Å². The van der Waals surface area contributed by atoms with Crippen LogP contribution in [0.5, 0.6) is 11.5 Å². The van der Waals surface area contributed by atoms with Gasteiger partial charge >= 0.3 is 0 Å². The quantitative estimate of drug-likeness (QED) is 0.152. The molecule has 1 heterocycles. The summed E-state index contributed by atoms with van der Waals surface area (Å²) >= 11 is 5.57. The van der Waals surface area contributed by atoms with Crippen molar-refractivity contribution < 1.29 is 13.9 Å². The topological polar surface area (TPSA) is 65.7 Å². The van der Waals surface area contributed by atoms with Gasteiger partial charge in [0.05, 0.1) is 27.8 Å². The Hall–Kier alpha value is -2.79. The van der Waals surface area contributed by atoms with Crippen molar-refractivity contribution in [2.75, 3.05) is 7.11 Å². The van der Waals surface area contributed by atoms with Crippen LogP contribution in [-0.2, 0) is 6.61 Å². The van der Waals surface area contributed by atoms with Crippen LogP contribution in [-0.4, -0.2) is 23.0 Å². The van der Waals surface area contributed by atoms with Gasteiger partial charge in [-0.25, -0.2) is 9.37 Å². The Morgan fingerprint density at radius 3 is 2.72 bits per heavy atom. The highest BCUT2D eigenvalue weighted by molar-refractivity contribution is 14.1. The summed E-state index contributed by atoms with van der Waals surface area (Å²) in [7, 11) is 1.54. The molecule has 0 radical (unpaired) electrons. The average Bonchev–Trinajstić information content (AvgIpc) is 2.87. The maximum Gasteiger partial charge on any atom is 0.282 e. The van der Waals surface area contributed by atoms with Gasteiger partial charge in [-0.3, -0.25) is 4.79 Å². The summed E-state index contributed by atoms with van der Waals surface area (Å²) in [4.78, 5) is 18.1. The van der Waals surface area contributed by atoms with Crippen molar-refractivity contribution in [2.24, 2.45) is 5.10 Å². The number of aromatic nitrogens is 2. The van der Waals surface area contributed by atoms with Gasteiger partial charge in [0.2, 0.25) is 0 Å². The van der Waals surface area contributed by atoms with Gasteiger partial charge in [-0.2, -0.15) is 9.78 Å². The third kappa shape index (κ3) is 5.62. The molecule has 1 aromatic heterocycles. The van der Waals surface area contributed by atoms with Crippen LogP contribution in [0, 0.1) is 9.39 Å². The molecule has 0 amide bonds. The zero-order valence-corrected chi connectivity index (χ0v) is 23.7. The smallest absolute Gasteiger partial charge is 0.282 e. The van der Waals surface area contributed by atoms with Crippen LogP contribution in [0.25, 0.3) is 10.9 Å². The number of ether oxygens (including phenoxy) is 2. The van der Waals surface area contributed by atoms with Gasteiger partial charge in [0, 0.05) is 16.0 Å². The number of halogens is 3. The minimum absolute atomic E-state index is 0.0340. The lowest BCUT2D eigenvalue weighted by atomic mass is 10.1. The zero-order chi connectivity index (χ0) is 25.8. The van der Waals surface area contributed by atoms with Crippen molar-refractivity contribution in [3.8, 4) is 11.5 Å². The van der Waals surface area contributed by atoms with E-state index in [-0.39, 0.29) is 23.9 Å². The third-order valence-electron chi connectivity index (χ3n) is 5.79. The third-order valence-corrected chi connectivity index (χ3v) is 7.08. The molecule has 0 aliphatic rings. The number of nitrogens with zero attached hydrogens (tertiary/aromatic N) is 3.